The van der Waals surface area contributed by atoms with E-state index in [1.54, 1.807) is 6.92 Å². The van der Waals surface area contributed by atoms with Gasteiger partial charge in [-0.3, -0.25) is 9.59 Å². The molecule has 6 nitrogen and oxygen atoms in total. The highest BCUT2D eigenvalue weighted by molar-refractivity contribution is 5.88. The Morgan fingerprint density at radius 2 is 1.94 bits per heavy atom. The molecule has 0 heterocycles. The van der Waals surface area contributed by atoms with E-state index in [0.717, 1.165) is 0 Å². The first-order valence-corrected chi connectivity index (χ1v) is 5.94. The lowest BCUT2D eigenvalue weighted by Crippen LogP contribution is -2.51. The fourth-order valence-corrected chi connectivity index (χ4v) is 1.56. The van der Waals surface area contributed by atoms with Gasteiger partial charge in [0, 0.05) is 6.42 Å². The highest BCUT2D eigenvalue weighted by Gasteiger charge is 2.27. The Balaban J connectivity index is 4.55. The van der Waals surface area contributed by atoms with E-state index >= 15 is 0 Å². The fraction of sp³-hybridized carbons (Fsp3) is 0.750. The molecule has 0 spiro atoms. The molecular weight excluding hydrogens is 234 g/mol. The molecule has 4 N–H and O–H groups in total. The second kappa shape index (κ2) is 7.67. The third kappa shape index (κ3) is 5.64. The van der Waals surface area contributed by atoms with Crippen LogP contribution in [0.5, 0.6) is 0 Å². The van der Waals surface area contributed by atoms with Crippen LogP contribution in [0.1, 0.15) is 33.6 Å². The highest BCUT2D eigenvalue weighted by atomic mass is 16.3. The van der Waals surface area contributed by atoms with Crippen LogP contribution in [-0.2, 0) is 9.59 Å². The largest absolute Gasteiger partial charge is 0.383 e. The average molecular weight is 255 g/mol. The van der Waals surface area contributed by atoms with Crippen molar-refractivity contribution in [2.75, 3.05) is 0 Å². The van der Waals surface area contributed by atoms with Crippen LogP contribution in [0.15, 0.2) is 0 Å². The molecule has 6 heteroatoms. The standard InChI is InChI=1S/C12H21N3O3/c1-7(2)6-9(16)12(18)15-10(11(14)17)8(3)4-5-13/h7-10,16H,4,6H2,1-3H3,(H2,14,17)(H,15,18)/t8-,9+,10-/m1/s1. The lowest BCUT2D eigenvalue weighted by Gasteiger charge is -2.22. The Bertz CT molecular complexity index is 336. The summed E-state index contributed by atoms with van der Waals surface area (Å²) in [6, 6.07) is 0.984. The molecule has 18 heavy (non-hydrogen) atoms. The van der Waals surface area contributed by atoms with E-state index in [4.69, 9.17) is 11.0 Å². The van der Waals surface area contributed by atoms with Crippen LogP contribution in [-0.4, -0.2) is 29.1 Å². The van der Waals surface area contributed by atoms with Gasteiger partial charge in [0.2, 0.25) is 11.8 Å². The second-order valence-electron chi connectivity index (χ2n) is 4.87. The van der Waals surface area contributed by atoms with Gasteiger partial charge in [0.15, 0.2) is 0 Å². The number of nitrogens with zero attached hydrogens (tertiary/aromatic N) is 1. The Morgan fingerprint density at radius 3 is 2.33 bits per heavy atom. The number of carbonyl (C=O) groups excluding carboxylic acids is 2. The number of carbonyl (C=O) groups is 2. The molecule has 0 unspecified atom stereocenters. The first-order valence-electron chi connectivity index (χ1n) is 5.94. The number of nitriles is 1. The van der Waals surface area contributed by atoms with E-state index in [2.05, 4.69) is 5.32 Å². The maximum Gasteiger partial charge on any atom is 0.249 e. The maximum atomic E-state index is 11.7. The summed E-state index contributed by atoms with van der Waals surface area (Å²) in [5.74, 6) is -1.56. The molecule has 0 saturated carbocycles. The number of hydrogen-bond donors (Lipinski definition) is 3. The van der Waals surface area contributed by atoms with E-state index in [1.807, 2.05) is 19.9 Å². The molecule has 0 saturated heterocycles. The van der Waals surface area contributed by atoms with Gasteiger partial charge in [-0.1, -0.05) is 20.8 Å². The summed E-state index contributed by atoms with van der Waals surface area (Å²) >= 11 is 0. The average Bonchev–Trinajstić information content (AvgIpc) is 2.24. The molecule has 0 aliphatic heterocycles. The van der Waals surface area contributed by atoms with Gasteiger partial charge in [-0.2, -0.15) is 5.26 Å². The van der Waals surface area contributed by atoms with Gasteiger partial charge in [0.1, 0.15) is 12.1 Å². The molecule has 0 aromatic rings. The topological polar surface area (TPSA) is 116 Å². The lowest BCUT2D eigenvalue weighted by atomic mass is 9.97. The first-order chi connectivity index (χ1) is 8.29. The Morgan fingerprint density at radius 1 is 1.39 bits per heavy atom. The lowest BCUT2D eigenvalue weighted by molar-refractivity contribution is -0.134. The van der Waals surface area contributed by atoms with E-state index in [9.17, 15) is 14.7 Å². The minimum absolute atomic E-state index is 0.105. The molecule has 3 atom stereocenters. The number of nitrogens with one attached hydrogen (secondary N) is 1. The first kappa shape index (κ1) is 16.4. The minimum atomic E-state index is -1.17. The molecule has 0 aromatic heterocycles. The van der Waals surface area contributed by atoms with E-state index in [0.29, 0.717) is 6.42 Å². The summed E-state index contributed by atoms with van der Waals surface area (Å²) in [6.45, 7) is 5.40. The number of nitrogens with two attached hydrogens (primary N) is 1. The highest BCUT2D eigenvalue weighted by Crippen LogP contribution is 2.09. The predicted molar refractivity (Wildman–Crippen MR) is 66.0 cm³/mol. The monoisotopic (exact) mass is 255 g/mol. The maximum absolute atomic E-state index is 11.7. The summed E-state index contributed by atoms with van der Waals surface area (Å²) in [5, 5.41) is 20.6. The predicted octanol–water partition coefficient (Wildman–Crippen LogP) is -0.0867. The van der Waals surface area contributed by atoms with Crippen LogP contribution in [0.2, 0.25) is 0 Å². The third-order valence-corrected chi connectivity index (χ3v) is 2.58. The quantitative estimate of drug-likeness (QED) is 0.589. The van der Waals surface area contributed by atoms with Crippen molar-refractivity contribution in [1.29, 1.82) is 5.26 Å². The van der Waals surface area contributed by atoms with Crippen LogP contribution in [0.4, 0.5) is 0 Å². The van der Waals surface area contributed by atoms with E-state index in [-0.39, 0.29) is 18.3 Å². The molecule has 2 amide bonds. The van der Waals surface area contributed by atoms with Crippen LogP contribution >= 0.6 is 0 Å². The van der Waals surface area contributed by atoms with Crippen LogP contribution < -0.4 is 11.1 Å². The summed E-state index contributed by atoms with van der Waals surface area (Å²) in [7, 11) is 0. The van der Waals surface area contributed by atoms with Crippen molar-refractivity contribution in [2.45, 2.75) is 45.8 Å². The van der Waals surface area contributed by atoms with Gasteiger partial charge in [-0.05, 0) is 18.3 Å². The molecular formula is C12H21N3O3. The summed E-state index contributed by atoms with van der Waals surface area (Å²) in [5.41, 5.74) is 5.17. The van der Waals surface area contributed by atoms with Crippen molar-refractivity contribution >= 4 is 11.8 Å². The molecule has 0 aliphatic rings. The van der Waals surface area contributed by atoms with Gasteiger partial charge in [-0.15, -0.1) is 0 Å². The minimum Gasteiger partial charge on any atom is -0.383 e. The zero-order valence-corrected chi connectivity index (χ0v) is 11.0. The van der Waals surface area contributed by atoms with Gasteiger partial charge in [-0.25, -0.2) is 0 Å². The van der Waals surface area contributed by atoms with Crippen molar-refractivity contribution < 1.29 is 14.7 Å². The number of primary amides is 1. The van der Waals surface area contributed by atoms with Gasteiger partial charge in [0.25, 0.3) is 0 Å². The van der Waals surface area contributed by atoms with Gasteiger partial charge in [0.05, 0.1) is 6.07 Å². The Labute approximate surface area is 107 Å². The third-order valence-electron chi connectivity index (χ3n) is 2.58. The van der Waals surface area contributed by atoms with Crippen molar-refractivity contribution in [2.24, 2.45) is 17.6 Å². The zero-order valence-electron chi connectivity index (χ0n) is 11.0. The van der Waals surface area contributed by atoms with Crippen molar-refractivity contribution in [1.82, 2.24) is 5.32 Å². The van der Waals surface area contributed by atoms with Crippen molar-refractivity contribution in [3.8, 4) is 6.07 Å². The summed E-state index contributed by atoms with van der Waals surface area (Å²) < 4.78 is 0. The molecule has 0 aliphatic carbocycles. The molecule has 0 radical (unpaired) electrons. The SMILES string of the molecule is CC(C)C[C@H](O)C(=O)N[C@@H](C(N)=O)[C@H](C)CC#N. The normalized spacial score (nSPS) is 15.6. The van der Waals surface area contributed by atoms with Gasteiger partial charge < -0.3 is 16.2 Å². The summed E-state index contributed by atoms with van der Waals surface area (Å²) in [4.78, 5) is 22.9. The number of aliphatic hydroxyl groups is 1. The second-order valence-corrected chi connectivity index (χ2v) is 4.87. The van der Waals surface area contributed by atoms with Crippen LogP contribution in [0, 0.1) is 23.2 Å². The fourth-order valence-electron chi connectivity index (χ4n) is 1.56. The molecule has 102 valence electrons. The zero-order chi connectivity index (χ0) is 14.3. The molecule has 0 fully saturated rings. The van der Waals surface area contributed by atoms with Crippen molar-refractivity contribution in [3.05, 3.63) is 0 Å². The van der Waals surface area contributed by atoms with Crippen LogP contribution in [0.25, 0.3) is 0 Å². The number of hydrogen-bond acceptors (Lipinski definition) is 4. The molecule has 0 bridgehead atoms. The Hall–Kier alpha value is -1.61. The number of rotatable bonds is 7. The molecule has 0 aromatic carbocycles. The summed E-state index contributed by atoms with van der Waals surface area (Å²) in [6.07, 6.45) is -0.751. The van der Waals surface area contributed by atoms with Gasteiger partial charge >= 0.3 is 0 Å². The Kier molecular flexibility index (Phi) is 6.98. The van der Waals surface area contributed by atoms with Crippen LogP contribution in [0.3, 0.4) is 0 Å². The number of amides is 2. The van der Waals surface area contributed by atoms with E-state index in [1.165, 1.54) is 0 Å². The van der Waals surface area contributed by atoms with E-state index < -0.39 is 24.0 Å². The smallest absolute Gasteiger partial charge is 0.249 e. The van der Waals surface area contributed by atoms with Crippen molar-refractivity contribution in [3.63, 3.8) is 0 Å². The number of aliphatic hydroxyl groups excluding tert-OH is 1. The molecule has 0 rings (SSSR count).